The van der Waals surface area contributed by atoms with E-state index < -0.39 is 5.97 Å². The number of carbonyl (C=O) groups is 2. The number of aliphatic hydroxyl groups excluding tert-OH is 1. The summed E-state index contributed by atoms with van der Waals surface area (Å²) in [4.78, 5) is 22.5. The molecule has 0 radical (unpaired) electrons. The van der Waals surface area contributed by atoms with Crippen molar-refractivity contribution in [3.05, 3.63) is 0 Å². The van der Waals surface area contributed by atoms with Crippen molar-refractivity contribution >= 4 is 12.0 Å². The highest BCUT2D eigenvalue weighted by Gasteiger charge is 2.23. The highest BCUT2D eigenvalue weighted by Crippen LogP contribution is 2.18. The zero-order valence-corrected chi connectivity index (χ0v) is 11.6. The second-order valence-electron chi connectivity index (χ2n) is 5.57. The van der Waals surface area contributed by atoms with Crippen LogP contribution in [0.25, 0.3) is 0 Å². The molecule has 0 aliphatic heterocycles. The number of amides is 2. The van der Waals surface area contributed by atoms with Gasteiger partial charge in [-0.25, -0.2) is 4.79 Å². The minimum Gasteiger partial charge on any atom is -0.481 e. The molecular formula is C13H24N2O4. The maximum Gasteiger partial charge on any atom is 0.315 e. The summed E-state index contributed by atoms with van der Waals surface area (Å²) in [5.41, 5.74) is 0. The normalized spacial score (nSPS) is 24.8. The molecule has 1 aliphatic carbocycles. The Labute approximate surface area is 113 Å². The lowest BCUT2D eigenvalue weighted by Crippen LogP contribution is -2.49. The van der Waals surface area contributed by atoms with E-state index in [0.717, 1.165) is 12.8 Å². The van der Waals surface area contributed by atoms with Crippen LogP contribution < -0.4 is 10.6 Å². The zero-order valence-electron chi connectivity index (χ0n) is 11.6. The molecule has 1 saturated carbocycles. The number of carboxylic acids is 1. The number of urea groups is 1. The molecule has 0 spiro atoms. The molecule has 1 atom stereocenters. The van der Waals surface area contributed by atoms with Crippen molar-refractivity contribution in [3.8, 4) is 0 Å². The van der Waals surface area contributed by atoms with Gasteiger partial charge in [-0.05, 0) is 31.6 Å². The maximum atomic E-state index is 11.8. The Hall–Kier alpha value is -1.30. The molecular weight excluding hydrogens is 248 g/mol. The number of hydrogen-bond donors (Lipinski definition) is 4. The Balaban J connectivity index is 2.37. The fraction of sp³-hybridized carbons (Fsp3) is 0.846. The summed E-state index contributed by atoms with van der Waals surface area (Å²) in [6.45, 7) is 3.76. The van der Waals surface area contributed by atoms with Gasteiger partial charge in [0, 0.05) is 12.1 Å². The van der Waals surface area contributed by atoms with Gasteiger partial charge in [-0.15, -0.1) is 0 Å². The summed E-state index contributed by atoms with van der Waals surface area (Å²) in [5.74, 6) is -0.852. The van der Waals surface area contributed by atoms with E-state index in [4.69, 9.17) is 5.11 Å². The van der Waals surface area contributed by atoms with Gasteiger partial charge in [0.1, 0.15) is 0 Å². The van der Waals surface area contributed by atoms with Crippen LogP contribution in [0, 0.1) is 5.92 Å². The molecule has 0 aromatic carbocycles. The molecule has 0 aromatic heterocycles. The van der Waals surface area contributed by atoms with Crippen LogP contribution in [0.15, 0.2) is 0 Å². The van der Waals surface area contributed by atoms with E-state index in [0.29, 0.717) is 12.8 Å². The Morgan fingerprint density at radius 1 is 1.21 bits per heavy atom. The van der Waals surface area contributed by atoms with Crippen LogP contribution in [-0.2, 0) is 4.79 Å². The molecule has 0 bridgehead atoms. The molecule has 110 valence electrons. The first kappa shape index (κ1) is 15.8. The van der Waals surface area contributed by atoms with Crippen LogP contribution in [-0.4, -0.2) is 40.4 Å². The molecule has 6 heteroatoms. The monoisotopic (exact) mass is 272 g/mol. The van der Waals surface area contributed by atoms with Crippen molar-refractivity contribution in [3.63, 3.8) is 0 Å². The van der Waals surface area contributed by atoms with E-state index >= 15 is 0 Å². The standard InChI is InChI=1S/C13H24N2O4/c1-8(2)11(7-12(17)18)15-13(19)14-9-3-5-10(16)6-4-9/h8-11,16H,3-7H2,1-2H3,(H,17,18)(H2,14,15,19). The third-order valence-electron chi connectivity index (χ3n) is 3.55. The molecule has 19 heavy (non-hydrogen) atoms. The molecule has 1 fully saturated rings. The summed E-state index contributed by atoms with van der Waals surface area (Å²) < 4.78 is 0. The minimum absolute atomic E-state index is 0.0648. The largest absolute Gasteiger partial charge is 0.481 e. The molecule has 0 saturated heterocycles. The van der Waals surface area contributed by atoms with Gasteiger partial charge >= 0.3 is 12.0 Å². The molecule has 1 aliphatic rings. The van der Waals surface area contributed by atoms with Crippen molar-refractivity contribution < 1.29 is 19.8 Å². The minimum atomic E-state index is -0.917. The van der Waals surface area contributed by atoms with Gasteiger partial charge in [-0.3, -0.25) is 4.79 Å². The summed E-state index contributed by atoms with van der Waals surface area (Å²) in [6, 6.07) is -0.617. The molecule has 1 unspecified atom stereocenters. The number of aliphatic carboxylic acids is 1. The Kier molecular flexibility index (Phi) is 6.08. The number of rotatable bonds is 5. The van der Waals surface area contributed by atoms with Crippen LogP contribution >= 0.6 is 0 Å². The highest BCUT2D eigenvalue weighted by atomic mass is 16.4. The Bertz CT molecular complexity index is 312. The first-order valence-electron chi connectivity index (χ1n) is 6.85. The lowest BCUT2D eigenvalue weighted by Gasteiger charge is -2.28. The van der Waals surface area contributed by atoms with Crippen LogP contribution in [0.1, 0.15) is 46.0 Å². The lowest BCUT2D eigenvalue weighted by atomic mass is 9.93. The average Bonchev–Trinajstić information content (AvgIpc) is 2.30. The Morgan fingerprint density at radius 2 is 1.79 bits per heavy atom. The van der Waals surface area contributed by atoms with Crippen molar-refractivity contribution in [2.45, 2.75) is 64.1 Å². The SMILES string of the molecule is CC(C)C(CC(=O)O)NC(=O)NC1CCC(O)CC1. The first-order chi connectivity index (χ1) is 8.88. The number of carbonyl (C=O) groups excluding carboxylic acids is 1. The van der Waals surface area contributed by atoms with Crippen LogP contribution in [0.3, 0.4) is 0 Å². The second-order valence-corrected chi connectivity index (χ2v) is 5.57. The number of nitrogens with one attached hydrogen (secondary N) is 2. The quantitative estimate of drug-likeness (QED) is 0.602. The summed E-state index contributed by atoms with van der Waals surface area (Å²) in [6.07, 6.45) is 2.60. The predicted molar refractivity (Wildman–Crippen MR) is 70.8 cm³/mol. The fourth-order valence-corrected chi connectivity index (χ4v) is 2.26. The van der Waals surface area contributed by atoms with Crippen molar-refractivity contribution in [1.29, 1.82) is 0 Å². The van der Waals surface area contributed by atoms with Gasteiger partial charge in [0.15, 0.2) is 0 Å². The number of carboxylic acid groups (broad SMARTS) is 1. The average molecular weight is 272 g/mol. The molecule has 2 amide bonds. The molecule has 1 rings (SSSR count). The van der Waals surface area contributed by atoms with E-state index in [9.17, 15) is 14.7 Å². The van der Waals surface area contributed by atoms with Crippen molar-refractivity contribution in [1.82, 2.24) is 10.6 Å². The number of hydrogen-bond acceptors (Lipinski definition) is 3. The van der Waals surface area contributed by atoms with Crippen molar-refractivity contribution in [2.24, 2.45) is 5.92 Å². The van der Waals surface area contributed by atoms with Gasteiger partial charge in [-0.1, -0.05) is 13.8 Å². The van der Waals surface area contributed by atoms with E-state index in [2.05, 4.69) is 10.6 Å². The topological polar surface area (TPSA) is 98.7 Å². The second kappa shape index (κ2) is 7.33. The van der Waals surface area contributed by atoms with E-state index in [1.165, 1.54) is 0 Å². The lowest BCUT2D eigenvalue weighted by molar-refractivity contribution is -0.137. The van der Waals surface area contributed by atoms with Crippen LogP contribution in [0.2, 0.25) is 0 Å². The van der Waals surface area contributed by atoms with Gasteiger partial charge in [0.2, 0.25) is 0 Å². The van der Waals surface area contributed by atoms with E-state index in [-0.39, 0.29) is 36.6 Å². The van der Waals surface area contributed by atoms with Gasteiger partial charge in [0.05, 0.1) is 12.5 Å². The van der Waals surface area contributed by atoms with Crippen LogP contribution in [0.4, 0.5) is 4.79 Å². The third kappa shape index (κ3) is 5.92. The summed E-state index contributed by atoms with van der Waals surface area (Å²) >= 11 is 0. The first-order valence-corrected chi connectivity index (χ1v) is 6.85. The van der Waals surface area contributed by atoms with Gasteiger partial charge in [0.25, 0.3) is 0 Å². The molecule has 0 aromatic rings. The van der Waals surface area contributed by atoms with E-state index in [1.807, 2.05) is 13.8 Å². The summed E-state index contributed by atoms with van der Waals surface area (Å²) in [5, 5.41) is 23.7. The zero-order chi connectivity index (χ0) is 14.4. The van der Waals surface area contributed by atoms with Gasteiger partial charge in [-0.2, -0.15) is 0 Å². The van der Waals surface area contributed by atoms with E-state index in [1.54, 1.807) is 0 Å². The predicted octanol–water partition coefficient (Wildman–Crippen LogP) is 1.09. The number of aliphatic hydroxyl groups is 1. The molecule has 6 nitrogen and oxygen atoms in total. The third-order valence-corrected chi connectivity index (χ3v) is 3.55. The fourth-order valence-electron chi connectivity index (χ4n) is 2.26. The maximum absolute atomic E-state index is 11.8. The summed E-state index contributed by atoms with van der Waals surface area (Å²) in [7, 11) is 0. The Morgan fingerprint density at radius 3 is 2.26 bits per heavy atom. The highest BCUT2D eigenvalue weighted by molar-refractivity contribution is 5.76. The smallest absolute Gasteiger partial charge is 0.315 e. The van der Waals surface area contributed by atoms with Crippen LogP contribution in [0.5, 0.6) is 0 Å². The van der Waals surface area contributed by atoms with Gasteiger partial charge < -0.3 is 20.8 Å². The van der Waals surface area contributed by atoms with Crippen molar-refractivity contribution in [2.75, 3.05) is 0 Å². The molecule has 4 N–H and O–H groups in total. The molecule has 0 heterocycles.